The summed E-state index contributed by atoms with van der Waals surface area (Å²) in [6, 6.07) is -1.53. The third-order valence-corrected chi connectivity index (χ3v) is 9.48. The van der Waals surface area contributed by atoms with Crippen LogP contribution < -0.4 is 5.73 Å². The van der Waals surface area contributed by atoms with E-state index in [9.17, 15) is 23.8 Å². The van der Waals surface area contributed by atoms with Gasteiger partial charge in [-0.3, -0.25) is 23.4 Å². The van der Waals surface area contributed by atoms with Crippen molar-refractivity contribution < 1.29 is 47.5 Å². The Morgan fingerprint density at radius 2 is 1.07 bits per heavy atom. The van der Waals surface area contributed by atoms with Gasteiger partial charge in [0.25, 0.3) is 0 Å². The average molecular weight is 808 g/mol. The lowest BCUT2D eigenvalue weighted by atomic mass is 10.1. The lowest BCUT2D eigenvalue weighted by Gasteiger charge is -2.20. The fourth-order valence-electron chi connectivity index (χ4n) is 5.22. The molecule has 0 saturated heterocycles. The number of carboxylic acid groups (broad SMARTS) is 1. The number of hydrogen-bond acceptors (Lipinski definition) is 9. The summed E-state index contributed by atoms with van der Waals surface area (Å²) in [5.41, 5.74) is 5.33. The maximum Gasteiger partial charge on any atom is 0.472 e. The average Bonchev–Trinajstić information content (AvgIpc) is 3.17. The van der Waals surface area contributed by atoms with Gasteiger partial charge >= 0.3 is 25.7 Å². The van der Waals surface area contributed by atoms with E-state index in [2.05, 4.69) is 54.8 Å². The molecule has 0 bridgehead atoms. The van der Waals surface area contributed by atoms with Gasteiger partial charge in [0.15, 0.2) is 6.10 Å². The molecule has 0 aliphatic carbocycles. The van der Waals surface area contributed by atoms with Crippen LogP contribution in [0.5, 0.6) is 0 Å². The normalized spacial score (nSPS) is 14.5. The lowest BCUT2D eigenvalue weighted by molar-refractivity contribution is -0.161. The standard InChI is InChI=1S/C44H74NO10P/c1-3-5-7-9-11-13-15-17-19-20-22-23-25-27-29-31-33-35-42(46)52-37-40(38-53-56(50,51)54-39-41(45)44(48)49)55-43(47)36-34-32-30-28-26-24-21-18-16-14-12-10-8-6-4-2/h6,8,10-14,16-19,21,40-41H,3-5,7,9,15,20,22-39,45H2,1-2H3,(H,48,49)(H,50,51)/b8-6+,12-10+,13-11+,16-14+,19-17+,21-18+/t40-,41+/m1/s1. The zero-order chi connectivity index (χ0) is 41.4. The molecule has 0 spiro atoms. The first-order valence-electron chi connectivity index (χ1n) is 21.0. The minimum Gasteiger partial charge on any atom is -0.480 e. The van der Waals surface area contributed by atoms with Crippen molar-refractivity contribution in [1.29, 1.82) is 0 Å². The van der Waals surface area contributed by atoms with Crippen molar-refractivity contribution in [3.05, 3.63) is 72.9 Å². The molecule has 0 radical (unpaired) electrons. The monoisotopic (exact) mass is 808 g/mol. The van der Waals surface area contributed by atoms with Gasteiger partial charge in [0.05, 0.1) is 13.2 Å². The third kappa shape index (κ3) is 37.8. The molecule has 0 heterocycles. The molecule has 56 heavy (non-hydrogen) atoms. The van der Waals surface area contributed by atoms with Crippen molar-refractivity contribution >= 4 is 25.7 Å². The number of allylic oxidation sites excluding steroid dienone is 12. The van der Waals surface area contributed by atoms with Crippen LogP contribution in [0.4, 0.5) is 0 Å². The molecule has 0 amide bonds. The largest absolute Gasteiger partial charge is 0.480 e. The molecule has 1 unspecified atom stereocenters. The van der Waals surface area contributed by atoms with Crippen molar-refractivity contribution in [3.8, 4) is 0 Å². The van der Waals surface area contributed by atoms with Gasteiger partial charge < -0.3 is 25.2 Å². The molecule has 0 rings (SSSR count). The van der Waals surface area contributed by atoms with Gasteiger partial charge in [0.2, 0.25) is 0 Å². The van der Waals surface area contributed by atoms with E-state index in [0.717, 1.165) is 77.0 Å². The smallest absolute Gasteiger partial charge is 0.472 e. The van der Waals surface area contributed by atoms with Crippen LogP contribution in [0.1, 0.15) is 155 Å². The van der Waals surface area contributed by atoms with E-state index in [0.29, 0.717) is 12.8 Å². The Kier molecular flexibility index (Phi) is 36.6. The van der Waals surface area contributed by atoms with Crippen LogP contribution in [-0.4, -0.2) is 59.9 Å². The molecule has 0 aromatic rings. The zero-order valence-corrected chi connectivity index (χ0v) is 35.3. The number of carboxylic acids is 1. The SMILES string of the molecule is CC/C=C/C=C/C=C/C=C/CCCCCCCC(=O)O[C@H](COC(=O)CCCCCCCCC/C=C/C/C=C/CCCCC)COP(=O)(O)OC[C@H](N)C(=O)O. The summed E-state index contributed by atoms with van der Waals surface area (Å²) in [5, 5.41) is 8.88. The number of phosphoric ester groups is 1. The second-order valence-electron chi connectivity index (χ2n) is 13.8. The fraction of sp³-hybridized carbons (Fsp3) is 0.659. The van der Waals surface area contributed by atoms with Gasteiger partial charge in [-0.25, -0.2) is 4.57 Å². The van der Waals surface area contributed by atoms with Gasteiger partial charge in [-0.15, -0.1) is 0 Å². The first-order chi connectivity index (χ1) is 27.1. The predicted octanol–water partition coefficient (Wildman–Crippen LogP) is 10.9. The molecular formula is C44H74NO10P. The maximum atomic E-state index is 12.6. The highest BCUT2D eigenvalue weighted by atomic mass is 31.2. The predicted molar refractivity (Wildman–Crippen MR) is 226 cm³/mol. The molecule has 0 fully saturated rings. The van der Waals surface area contributed by atoms with Crippen LogP contribution in [0.15, 0.2) is 72.9 Å². The Labute approximate surface area is 338 Å². The van der Waals surface area contributed by atoms with Crippen molar-refractivity contribution in [2.75, 3.05) is 19.8 Å². The number of carbonyl (C=O) groups excluding carboxylic acids is 2. The van der Waals surface area contributed by atoms with E-state index < -0.39 is 51.1 Å². The van der Waals surface area contributed by atoms with Crippen LogP contribution in [0, 0.1) is 0 Å². The van der Waals surface area contributed by atoms with Gasteiger partial charge in [-0.05, 0) is 64.2 Å². The van der Waals surface area contributed by atoms with Crippen LogP contribution in [0.2, 0.25) is 0 Å². The second-order valence-corrected chi connectivity index (χ2v) is 15.3. The number of phosphoric acid groups is 1. The minimum atomic E-state index is -4.73. The highest BCUT2D eigenvalue weighted by Gasteiger charge is 2.28. The van der Waals surface area contributed by atoms with E-state index in [-0.39, 0.29) is 19.4 Å². The highest BCUT2D eigenvalue weighted by Crippen LogP contribution is 2.43. The fourth-order valence-corrected chi connectivity index (χ4v) is 6.00. The number of unbranched alkanes of at least 4 members (excludes halogenated alkanes) is 15. The number of rotatable bonds is 38. The molecular weight excluding hydrogens is 733 g/mol. The molecule has 12 heteroatoms. The Balaban J connectivity index is 4.44. The Hall–Kier alpha value is -3.08. The molecule has 3 atom stereocenters. The molecule has 0 aliphatic heterocycles. The lowest BCUT2D eigenvalue weighted by Crippen LogP contribution is -2.34. The van der Waals surface area contributed by atoms with Crippen LogP contribution >= 0.6 is 7.82 Å². The summed E-state index contributed by atoms with van der Waals surface area (Å²) in [4.78, 5) is 45.9. The molecule has 0 saturated carbocycles. The minimum absolute atomic E-state index is 0.129. The van der Waals surface area contributed by atoms with Gasteiger partial charge in [0.1, 0.15) is 12.6 Å². The van der Waals surface area contributed by atoms with Gasteiger partial charge in [-0.2, -0.15) is 0 Å². The number of aliphatic carboxylic acids is 1. The van der Waals surface area contributed by atoms with Gasteiger partial charge in [0, 0.05) is 12.8 Å². The van der Waals surface area contributed by atoms with E-state index in [1.165, 1.54) is 38.5 Å². The van der Waals surface area contributed by atoms with Crippen LogP contribution in [0.25, 0.3) is 0 Å². The topological polar surface area (TPSA) is 172 Å². The molecule has 0 aromatic carbocycles. The highest BCUT2D eigenvalue weighted by molar-refractivity contribution is 7.47. The zero-order valence-electron chi connectivity index (χ0n) is 34.4. The van der Waals surface area contributed by atoms with E-state index in [4.69, 9.17) is 24.8 Å². The Morgan fingerprint density at radius 1 is 0.589 bits per heavy atom. The molecule has 0 aliphatic rings. The van der Waals surface area contributed by atoms with E-state index >= 15 is 0 Å². The number of hydrogen-bond donors (Lipinski definition) is 3. The first kappa shape index (κ1) is 52.9. The summed E-state index contributed by atoms with van der Waals surface area (Å²) in [6.07, 6.45) is 45.3. The molecule has 11 nitrogen and oxygen atoms in total. The van der Waals surface area contributed by atoms with Crippen molar-refractivity contribution in [2.24, 2.45) is 5.73 Å². The second kappa shape index (κ2) is 38.8. The number of ether oxygens (including phenoxy) is 2. The summed E-state index contributed by atoms with van der Waals surface area (Å²) in [5.74, 6) is -2.43. The Morgan fingerprint density at radius 3 is 1.64 bits per heavy atom. The van der Waals surface area contributed by atoms with Crippen LogP contribution in [-0.2, 0) is 37.5 Å². The molecule has 0 aromatic heterocycles. The first-order valence-corrected chi connectivity index (χ1v) is 22.5. The Bertz CT molecular complexity index is 1230. The van der Waals surface area contributed by atoms with E-state index in [1.54, 1.807) is 0 Å². The van der Waals surface area contributed by atoms with E-state index in [1.807, 2.05) is 36.5 Å². The molecule has 320 valence electrons. The van der Waals surface area contributed by atoms with Crippen molar-refractivity contribution in [2.45, 2.75) is 167 Å². The van der Waals surface area contributed by atoms with Crippen LogP contribution in [0.3, 0.4) is 0 Å². The quantitative estimate of drug-likeness (QED) is 0.0178. The van der Waals surface area contributed by atoms with Crippen molar-refractivity contribution in [3.63, 3.8) is 0 Å². The summed E-state index contributed by atoms with van der Waals surface area (Å²) in [7, 11) is -4.73. The summed E-state index contributed by atoms with van der Waals surface area (Å²) >= 11 is 0. The third-order valence-electron chi connectivity index (χ3n) is 8.53. The van der Waals surface area contributed by atoms with Crippen molar-refractivity contribution in [1.82, 2.24) is 0 Å². The number of carbonyl (C=O) groups is 3. The summed E-state index contributed by atoms with van der Waals surface area (Å²) in [6.45, 7) is 2.59. The summed E-state index contributed by atoms with van der Waals surface area (Å²) < 4.78 is 32.6. The number of nitrogens with two attached hydrogens (primary N) is 1. The maximum absolute atomic E-state index is 12.6. The number of esters is 2. The molecule has 4 N–H and O–H groups in total. The van der Waals surface area contributed by atoms with Gasteiger partial charge in [-0.1, -0.05) is 151 Å².